The summed E-state index contributed by atoms with van der Waals surface area (Å²) in [6, 6.07) is 13.4. The number of rotatable bonds is 5. The van der Waals surface area contributed by atoms with E-state index in [0.717, 1.165) is 48.5 Å². The third-order valence-corrected chi connectivity index (χ3v) is 4.63. The molecule has 0 radical (unpaired) electrons. The Morgan fingerprint density at radius 2 is 2.08 bits per heavy atom. The van der Waals surface area contributed by atoms with E-state index in [-0.39, 0.29) is 11.8 Å². The summed E-state index contributed by atoms with van der Waals surface area (Å²) in [5.41, 5.74) is 2.55. The smallest absolute Gasteiger partial charge is 0.227 e. The van der Waals surface area contributed by atoms with E-state index in [2.05, 4.69) is 10.3 Å². The van der Waals surface area contributed by atoms with Gasteiger partial charge in [0.15, 0.2) is 0 Å². The minimum absolute atomic E-state index is 0.120. The number of amides is 1. The average Bonchev–Trinajstić information content (AvgIpc) is 3.29. The van der Waals surface area contributed by atoms with Gasteiger partial charge in [0, 0.05) is 30.1 Å². The lowest BCUT2D eigenvalue weighted by atomic mass is 10.1. The highest BCUT2D eigenvalue weighted by molar-refractivity contribution is 5.92. The van der Waals surface area contributed by atoms with Crippen molar-refractivity contribution >= 4 is 17.2 Å². The van der Waals surface area contributed by atoms with Crippen LogP contribution in [-0.4, -0.2) is 15.3 Å². The number of benzene rings is 1. The number of nitrogens with zero attached hydrogens (tertiary/aromatic N) is 2. The SMILES string of the molecule is O=C(Nc1cccc(OCc2cn3ccccc3n2)c1)C1CCCC1. The molecular formula is C20H21N3O2. The molecule has 5 nitrogen and oxygen atoms in total. The largest absolute Gasteiger partial charge is 0.487 e. The molecule has 128 valence electrons. The molecular weight excluding hydrogens is 314 g/mol. The highest BCUT2D eigenvalue weighted by atomic mass is 16.5. The molecule has 1 aliphatic carbocycles. The first-order valence-corrected chi connectivity index (χ1v) is 8.74. The summed E-state index contributed by atoms with van der Waals surface area (Å²) in [5, 5.41) is 3.01. The van der Waals surface area contributed by atoms with Crippen molar-refractivity contribution in [1.82, 2.24) is 9.38 Å². The van der Waals surface area contributed by atoms with Crippen molar-refractivity contribution in [3.8, 4) is 5.75 Å². The number of aromatic nitrogens is 2. The second kappa shape index (κ2) is 6.97. The molecule has 1 N–H and O–H groups in total. The average molecular weight is 335 g/mol. The van der Waals surface area contributed by atoms with Crippen molar-refractivity contribution in [3.63, 3.8) is 0 Å². The van der Waals surface area contributed by atoms with Crippen LogP contribution in [0.4, 0.5) is 5.69 Å². The molecule has 0 spiro atoms. The number of hydrogen-bond acceptors (Lipinski definition) is 3. The summed E-state index contributed by atoms with van der Waals surface area (Å²) < 4.78 is 7.81. The Morgan fingerprint density at radius 1 is 1.20 bits per heavy atom. The van der Waals surface area contributed by atoms with Crippen LogP contribution in [0, 0.1) is 5.92 Å². The summed E-state index contributed by atoms with van der Waals surface area (Å²) in [5.74, 6) is 0.999. The predicted octanol–water partition coefficient (Wildman–Crippen LogP) is 4.04. The Bertz CT molecular complexity index is 848. The van der Waals surface area contributed by atoms with Crippen molar-refractivity contribution in [2.24, 2.45) is 5.92 Å². The molecule has 0 bridgehead atoms. The van der Waals surface area contributed by atoms with Crippen LogP contribution in [0.2, 0.25) is 0 Å². The van der Waals surface area contributed by atoms with E-state index in [9.17, 15) is 4.79 Å². The Balaban J connectivity index is 1.39. The first-order valence-electron chi connectivity index (χ1n) is 8.74. The minimum Gasteiger partial charge on any atom is -0.487 e. The number of hydrogen-bond donors (Lipinski definition) is 1. The fraction of sp³-hybridized carbons (Fsp3) is 0.300. The lowest BCUT2D eigenvalue weighted by molar-refractivity contribution is -0.119. The quantitative estimate of drug-likeness (QED) is 0.765. The number of fused-ring (bicyclic) bond motifs is 1. The topological polar surface area (TPSA) is 55.6 Å². The first kappa shape index (κ1) is 15.7. The van der Waals surface area contributed by atoms with Gasteiger partial charge >= 0.3 is 0 Å². The van der Waals surface area contributed by atoms with Crippen LogP contribution in [0.15, 0.2) is 54.9 Å². The van der Waals surface area contributed by atoms with E-state index < -0.39 is 0 Å². The van der Waals surface area contributed by atoms with Gasteiger partial charge in [-0.25, -0.2) is 4.98 Å². The van der Waals surface area contributed by atoms with Gasteiger partial charge in [0.1, 0.15) is 18.0 Å². The Labute approximate surface area is 146 Å². The summed E-state index contributed by atoms with van der Waals surface area (Å²) in [6.07, 6.45) is 8.22. The number of carbonyl (C=O) groups is 1. The van der Waals surface area contributed by atoms with E-state index in [1.54, 1.807) is 0 Å². The standard InChI is InChI=1S/C20H21N3O2/c24-20(15-6-1-2-7-15)22-16-8-5-9-18(12-16)25-14-17-13-23-11-4-3-10-19(23)21-17/h3-5,8-13,15H,1-2,6-7,14H2,(H,22,24). The van der Waals surface area contributed by atoms with Gasteiger partial charge in [0.25, 0.3) is 0 Å². The lowest BCUT2D eigenvalue weighted by Gasteiger charge is -2.11. The van der Waals surface area contributed by atoms with Crippen LogP contribution in [0.5, 0.6) is 5.75 Å². The number of pyridine rings is 1. The molecule has 1 saturated carbocycles. The summed E-state index contributed by atoms with van der Waals surface area (Å²) in [6.45, 7) is 0.391. The van der Waals surface area contributed by atoms with Gasteiger partial charge in [-0.1, -0.05) is 25.0 Å². The van der Waals surface area contributed by atoms with Crippen molar-refractivity contribution in [2.45, 2.75) is 32.3 Å². The van der Waals surface area contributed by atoms with Crippen LogP contribution < -0.4 is 10.1 Å². The van der Waals surface area contributed by atoms with Gasteiger partial charge in [-0.05, 0) is 37.1 Å². The minimum atomic E-state index is 0.120. The van der Waals surface area contributed by atoms with Gasteiger partial charge in [-0.3, -0.25) is 4.79 Å². The second-order valence-electron chi connectivity index (χ2n) is 6.49. The molecule has 2 heterocycles. The molecule has 1 fully saturated rings. The molecule has 0 saturated heterocycles. The third kappa shape index (κ3) is 3.65. The molecule has 0 aliphatic heterocycles. The van der Waals surface area contributed by atoms with Gasteiger partial charge < -0.3 is 14.5 Å². The highest BCUT2D eigenvalue weighted by Crippen LogP contribution is 2.26. The van der Waals surface area contributed by atoms with Gasteiger partial charge in [0.2, 0.25) is 5.91 Å². The predicted molar refractivity (Wildman–Crippen MR) is 96.6 cm³/mol. The van der Waals surface area contributed by atoms with Crippen molar-refractivity contribution in [1.29, 1.82) is 0 Å². The fourth-order valence-corrected chi connectivity index (χ4v) is 3.31. The molecule has 3 aromatic rings. The summed E-state index contributed by atoms with van der Waals surface area (Å²) >= 11 is 0. The molecule has 4 rings (SSSR count). The van der Waals surface area contributed by atoms with Gasteiger partial charge in [0.05, 0.1) is 5.69 Å². The van der Waals surface area contributed by atoms with Crippen molar-refractivity contribution in [3.05, 3.63) is 60.6 Å². The van der Waals surface area contributed by atoms with E-state index in [4.69, 9.17) is 4.74 Å². The first-order chi connectivity index (χ1) is 12.3. The highest BCUT2D eigenvalue weighted by Gasteiger charge is 2.22. The van der Waals surface area contributed by atoms with Crippen LogP contribution in [0.1, 0.15) is 31.4 Å². The van der Waals surface area contributed by atoms with Crippen LogP contribution in [-0.2, 0) is 11.4 Å². The number of ether oxygens (including phenoxy) is 1. The van der Waals surface area contributed by atoms with Gasteiger partial charge in [-0.15, -0.1) is 0 Å². The lowest BCUT2D eigenvalue weighted by Crippen LogP contribution is -2.20. The zero-order valence-corrected chi connectivity index (χ0v) is 14.0. The number of carbonyl (C=O) groups excluding carboxylic acids is 1. The van der Waals surface area contributed by atoms with Crippen LogP contribution >= 0.6 is 0 Å². The fourth-order valence-electron chi connectivity index (χ4n) is 3.31. The molecule has 0 unspecified atom stereocenters. The molecule has 1 aliphatic rings. The van der Waals surface area contributed by atoms with Crippen LogP contribution in [0.3, 0.4) is 0 Å². The van der Waals surface area contributed by atoms with Gasteiger partial charge in [-0.2, -0.15) is 0 Å². The molecule has 1 aromatic carbocycles. The normalized spacial score (nSPS) is 14.7. The maximum absolute atomic E-state index is 12.2. The van der Waals surface area contributed by atoms with Crippen molar-refractivity contribution in [2.75, 3.05) is 5.32 Å². The maximum atomic E-state index is 12.2. The zero-order valence-electron chi connectivity index (χ0n) is 14.0. The van der Waals surface area contributed by atoms with E-state index in [0.29, 0.717) is 6.61 Å². The van der Waals surface area contributed by atoms with Crippen LogP contribution in [0.25, 0.3) is 5.65 Å². The maximum Gasteiger partial charge on any atom is 0.227 e. The third-order valence-electron chi connectivity index (χ3n) is 4.63. The second-order valence-corrected chi connectivity index (χ2v) is 6.49. The van der Waals surface area contributed by atoms with E-state index >= 15 is 0 Å². The number of imidazole rings is 1. The zero-order chi connectivity index (χ0) is 17.1. The Morgan fingerprint density at radius 3 is 2.92 bits per heavy atom. The molecule has 1 amide bonds. The Kier molecular flexibility index (Phi) is 4.37. The summed E-state index contributed by atoms with van der Waals surface area (Å²) in [7, 11) is 0. The van der Waals surface area contributed by atoms with E-state index in [1.807, 2.05) is 59.3 Å². The van der Waals surface area contributed by atoms with Crippen molar-refractivity contribution < 1.29 is 9.53 Å². The Hall–Kier alpha value is -2.82. The number of anilines is 1. The number of nitrogens with one attached hydrogen (secondary N) is 1. The molecule has 5 heteroatoms. The molecule has 2 aromatic heterocycles. The summed E-state index contributed by atoms with van der Waals surface area (Å²) in [4.78, 5) is 16.8. The van der Waals surface area contributed by atoms with E-state index in [1.165, 1.54) is 0 Å². The molecule has 0 atom stereocenters. The molecule has 25 heavy (non-hydrogen) atoms. The monoisotopic (exact) mass is 335 g/mol.